The molecule has 1 saturated heterocycles. The Kier molecular flexibility index (Phi) is 2.91. The molecule has 0 saturated carbocycles. The number of aromatic nitrogens is 4. The first kappa shape index (κ1) is 11.5. The van der Waals surface area contributed by atoms with Gasteiger partial charge in [0.25, 0.3) is 0 Å². The Balaban J connectivity index is 1.99. The summed E-state index contributed by atoms with van der Waals surface area (Å²) in [5.41, 5.74) is 1.78. The maximum atomic E-state index is 6.01. The lowest BCUT2D eigenvalue weighted by molar-refractivity contribution is 0.768. The van der Waals surface area contributed by atoms with E-state index in [1.54, 1.807) is 10.9 Å². The molecule has 0 radical (unpaired) electrons. The van der Waals surface area contributed by atoms with Gasteiger partial charge in [0.15, 0.2) is 0 Å². The Hall–Kier alpha value is -1.62. The SMILES string of the molecule is Cn1cc(-c2cc(N3CCCC3)nc(Cl)n2)cn1. The van der Waals surface area contributed by atoms with E-state index >= 15 is 0 Å². The first-order chi connectivity index (χ1) is 8.72. The van der Waals surface area contributed by atoms with Crippen LogP contribution in [0.2, 0.25) is 5.28 Å². The van der Waals surface area contributed by atoms with Gasteiger partial charge >= 0.3 is 0 Å². The number of hydrogen-bond acceptors (Lipinski definition) is 4. The molecule has 2 aromatic heterocycles. The quantitative estimate of drug-likeness (QED) is 0.779. The van der Waals surface area contributed by atoms with Gasteiger partial charge in [0.2, 0.25) is 5.28 Å². The number of aryl methyl sites for hydroxylation is 1. The molecule has 0 N–H and O–H groups in total. The number of halogens is 1. The van der Waals surface area contributed by atoms with Crippen molar-refractivity contribution in [1.82, 2.24) is 19.7 Å². The third kappa shape index (κ3) is 2.18. The van der Waals surface area contributed by atoms with Crippen LogP contribution in [0.25, 0.3) is 11.3 Å². The zero-order valence-corrected chi connectivity index (χ0v) is 10.9. The number of nitrogens with zero attached hydrogens (tertiary/aromatic N) is 5. The van der Waals surface area contributed by atoms with Crippen LogP contribution >= 0.6 is 11.6 Å². The molecule has 18 heavy (non-hydrogen) atoms. The summed E-state index contributed by atoms with van der Waals surface area (Å²) in [4.78, 5) is 10.8. The zero-order chi connectivity index (χ0) is 12.5. The van der Waals surface area contributed by atoms with Crippen molar-refractivity contribution in [1.29, 1.82) is 0 Å². The molecule has 3 rings (SSSR count). The minimum Gasteiger partial charge on any atom is -0.356 e. The third-order valence-corrected chi connectivity index (χ3v) is 3.29. The van der Waals surface area contributed by atoms with Crippen molar-refractivity contribution in [3.63, 3.8) is 0 Å². The Morgan fingerprint density at radius 1 is 1.22 bits per heavy atom. The lowest BCUT2D eigenvalue weighted by Gasteiger charge is -2.16. The smallest absolute Gasteiger partial charge is 0.224 e. The van der Waals surface area contributed by atoms with Crippen LogP contribution in [0.1, 0.15) is 12.8 Å². The van der Waals surface area contributed by atoms with Gasteiger partial charge in [-0.3, -0.25) is 4.68 Å². The second-order valence-electron chi connectivity index (χ2n) is 4.48. The molecule has 5 nitrogen and oxygen atoms in total. The Labute approximate surface area is 110 Å². The van der Waals surface area contributed by atoms with Crippen molar-refractivity contribution in [2.75, 3.05) is 18.0 Å². The van der Waals surface area contributed by atoms with Gasteiger partial charge in [0.05, 0.1) is 11.9 Å². The van der Waals surface area contributed by atoms with Crippen molar-refractivity contribution in [3.8, 4) is 11.3 Å². The molecule has 1 fully saturated rings. The van der Waals surface area contributed by atoms with Gasteiger partial charge in [-0.2, -0.15) is 5.10 Å². The number of anilines is 1. The van der Waals surface area contributed by atoms with Gasteiger partial charge in [-0.15, -0.1) is 0 Å². The second-order valence-corrected chi connectivity index (χ2v) is 4.82. The van der Waals surface area contributed by atoms with Gasteiger partial charge < -0.3 is 4.90 Å². The average Bonchev–Trinajstić information content (AvgIpc) is 2.98. The van der Waals surface area contributed by atoms with E-state index in [1.807, 2.05) is 19.3 Å². The molecule has 1 aliphatic heterocycles. The Morgan fingerprint density at radius 3 is 2.67 bits per heavy atom. The second kappa shape index (κ2) is 4.57. The highest BCUT2D eigenvalue weighted by Crippen LogP contribution is 2.25. The van der Waals surface area contributed by atoms with Crippen molar-refractivity contribution < 1.29 is 0 Å². The van der Waals surface area contributed by atoms with Crippen LogP contribution < -0.4 is 4.90 Å². The van der Waals surface area contributed by atoms with E-state index in [-0.39, 0.29) is 0 Å². The van der Waals surface area contributed by atoms with Crippen LogP contribution in [-0.2, 0) is 7.05 Å². The van der Waals surface area contributed by atoms with Crippen LogP contribution in [0, 0.1) is 0 Å². The number of hydrogen-bond donors (Lipinski definition) is 0. The largest absolute Gasteiger partial charge is 0.356 e. The fourth-order valence-corrected chi connectivity index (χ4v) is 2.39. The molecule has 1 aliphatic rings. The summed E-state index contributed by atoms with van der Waals surface area (Å²) in [6.45, 7) is 2.08. The molecule has 0 unspecified atom stereocenters. The summed E-state index contributed by atoms with van der Waals surface area (Å²) in [5.74, 6) is 0.909. The summed E-state index contributed by atoms with van der Waals surface area (Å²) < 4.78 is 1.75. The summed E-state index contributed by atoms with van der Waals surface area (Å²) in [7, 11) is 1.88. The van der Waals surface area contributed by atoms with E-state index < -0.39 is 0 Å². The van der Waals surface area contributed by atoms with Gasteiger partial charge in [0, 0.05) is 38.0 Å². The van der Waals surface area contributed by atoms with Crippen molar-refractivity contribution >= 4 is 17.4 Å². The van der Waals surface area contributed by atoms with Crippen LogP contribution in [0.4, 0.5) is 5.82 Å². The van der Waals surface area contributed by atoms with Crippen LogP contribution in [-0.4, -0.2) is 32.8 Å². The maximum absolute atomic E-state index is 6.01. The topological polar surface area (TPSA) is 46.8 Å². The molecule has 94 valence electrons. The minimum absolute atomic E-state index is 0.290. The maximum Gasteiger partial charge on any atom is 0.224 e. The van der Waals surface area contributed by atoms with E-state index in [0.29, 0.717) is 5.28 Å². The minimum atomic E-state index is 0.290. The molecule has 0 atom stereocenters. The molecular weight excluding hydrogens is 250 g/mol. The van der Waals surface area contributed by atoms with Gasteiger partial charge in [-0.05, 0) is 24.4 Å². The Morgan fingerprint density at radius 2 is 2.00 bits per heavy atom. The monoisotopic (exact) mass is 263 g/mol. The van der Waals surface area contributed by atoms with Crippen molar-refractivity contribution in [2.45, 2.75) is 12.8 Å². The van der Waals surface area contributed by atoms with Gasteiger partial charge in [0.1, 0.15) is 5.82 Å². The van der Waals surface area contributed by atoms with Crippen molar-refractivity contribution in [3.05, 3.63) is 23.7 Å². The molecule has 0 aromatic carbocycles. The lowest BCUT2D eigenvalue weighted by Crippen LogP contribution is -2.19. The molecule has 0 bridgehead atoms. The predicted octanol–water partition coefficient (Wildman–Crippen LogP) is 2.13. The molecule has 0 amide bonds. The molecule has 6 heteroatoms. The third-order valence-electron chi connectivity index (χ3n) is 3.12. The fourth-order valence-electron chi connectivity index (χ4n) is 2.22. The summed E-state index contributed by atoms with van der Waals surface area (Å²) in [6.07, 6.45) is 6.13. The zero-order valence-electron chi connectivity index (χ0n) is 10.2. The lowest BCUT2D eigenvalue weighted by atomic mass is 10.2. The Bertz CT molecular complexity index is 559. The van der Waals surface area contributed by atoms with E-state index in [2.05, 4.69) is 20.0 Å². The predicted molar refractivity (Wildman–Crippen MR) is 70.7 cm³/mol. The molecule has 0 spiro atoms. The molecule has 3 heterocycles. The highest BCUT2D eigenvalue weighted by Gasteiger charge is 2.16. The van der Waals surface area contributed by atoms with Crippen molar-refractivity contribution in [2.24, 2.45) is 7.05 Å². The standard InChI is InChI=1S/C12H14ClN5/c1-17-8-9(7-14-17)10-6-11(16-12(13)15-10)18-4-2-3-5-18/h6-8H,2-5H2,1H3. The summed E-state index contributed by atoms with van der Waals surface area (Å²) >= 11 is 6.01. The number of rotatable bonds is 2. The normalized spacial score (nSPS) is 15.3. The molecule has 0 aliphatic carbocycles. The van der Waals surface area contributed by atoms with Gasteiger partial charge in [-0.1, -0.05) is 0 Å². The van der Waals surface area contributed by atoms with Crippen LogP contribution in [0.3, 0.4) is 0 Å². The summed E-state index contributed by atoms with van der Waals surface area (Å²) in [5, 5.41) is 4.44. The molecular formula is C12H14ClN5. The summed E-state index contributed by atoms with van der Waals surface area (Å²) in [6, 6.07) is 1.98. The first-order valence-electron chi connectivity index (χ1n) is 6.01. The fraction of sp³-hybridized carbons (Fsp3) is 0.417. The average molecular weight is 264 g/mol. The highest BCUT2D eigenvalue weighted by atomic mass is 35.5. The van der Waals surface area contributed by atoms with E-state index in [9.17, 15) is 0 Å². The van der Waals surface area contributed by atoms with Gasteiger partial charge in [-0.25, -0.2) is 9.97 Å². The van der Waals surface area contributed by atoms with E-state index in [0.717, 1.165) is 30.2 Å². The highest BCUT2D eigenvalue weighted by molar-refractivity contribution is 6.28. The van der Waals surface area contributed by atoms with E-state index in [4.69, 9.17) is 11.6 Å². The first-order valence-corrected chi connectivity index (χ1v) is 6.39. The van der Waals surface area contributed by atoms with E-state index in [1.165, 1.54) is 12.8 Å². The van der Waals surface area contributed by atoms with Crippen LogP contribution in [0.15, 0.2) is 18.5 Å². The van der Waals surface area contributed by atoms with Crippen LogP contribution in [0.5, 0.6) is 0 Å². The molecule has 2 aromatic rings.